The van der Waals surface area contributed by atoms with E-state index in [9.17, 15) is 4.79 Å². The third kappa shape index (κ3) is 4.00. The van der Waals surface area contributed by atoms with Crippen LogP contribution in [0.25, 0.3) is 22.3 Å². The predicted molar refractivity (Wildman–Crippen MR) is 121 cm³/mol. The molecule has 9 nitrogen and oxygen atoms in total. The number of aromatic nitrogens is 4. The second-order valence-electron chi connectivity index (χ2n) is 8.87. The number of piperidine rings is 1. The Kier molecular flexibility index (Phi) is 5.42. The van der Waals surface area contributed by atoms with E-state index in [1.54, 1.807) is 13.4 Å². The first-order valence-corrected chi connectivity index (χ1v) is 11.0. The molecular weight excluding hydrogens is 408 g/mol. The Bertz CT molecular complexity index is 1120. The first-order valence-electron chi connectivity index (χ1n) is 11.0. The molecule has 2 N–H and O–H groups in total. The summed E-state index contributed by atoms with van der Waals surface area (Å²) in [6, 6.07) is 7.86. The van der Waals surface area contributed by atoms with Crippen LogP contribution in [0.2, 0.25) is 0 Å². The van der Waals surface area contributed by atoms with Crippen molar-refractivity contribution in [3.63, 3.8) is 0 Å². The minimum absolute atomic E-state index is 0.0498. The van der Waals surface area contributed by atoms with E-state index in [0.29, 0.717) is 13.0 Å². The van der Waals surface area contributed by atoms with Crippen molar-refractivity contribution in [2.45, 2.75) is 32.3 Å². The monoisotopic (exact) mass is 436 g/mol. The highest BCUT2D eigenvalue weighted by molar-refractivity contribution is 5.93. The van der Waals surface area contributed by atoms with Gasteiger partial charge in [0.05, 0.1) is 17.8 Å². The number of aromatic amines is 1. The van der Waals surface area contributed by atoms with Gasteiger partial charge >= 0.3 is 0 Å². The van der Waals surface area contributed by atoms with Crippen LogP contribution in [-0.2, 0) is 9.53 Å². The van der Waals surface area contributed by atoms with Gasteiger partial charge in [0.1, 0.15) is 29.7 Å². The quantitative estimate of drug-likeness (QED) is 0.612. The Balaban J connectivity index is 1.37. The fourth-order valence-corrected chi connectivity index (χ4v) is 4.73. The molecular formula is C23H28N6O3. The van der Waals surface area contributed by atoms with Crippen LogP contribution in [-0.4, -0.2) is 65.5 Å². The summed E-state index contributed by atoms with van der Waals surface area (Å²) in [6.45, 7) is 5.04. The molecule has 1 aromatic carbocycles. The molecule has 0 radical (unpaired) electrons. The summed E-state index contributed by atoms with van der Waals surface area (Å²) in [6.07, 6.45) is 4.15. The smallest absolute Gasteiger partial charge is 0.220 e. The van der Waals surface area contributed by atoms with Gasteiger partial charge in [-0.25, -0.2) is 9.97 Å². The summed E-state index contributed by atoms with van der Waals surface area (Å²) in [5.41, 5.74) is 2.57. The van der Waals surface area contributed by atoms with Crippen LogP contribution in [0.4, 0.5) is 5.82 Å². The first-order chi connectivity index (χ1) is 15.5. The minimum Gasteiger partial charge on any atom is -0.488 e. The number of amides is 1. The molecule has 9 heteroatoms. The number of nitrogens with zero attached hydrogens (tertiary/aromatic N) is 4. The van der Waals surface area contributed by atoms with Crippen molar-refractivity contribution >= 4 is 22.6 Å². The van der Waals surface area contributed by atoms with Crippen LogP contribution in [0.5, 0.6) is 5.75 Å². The number of rotatable bonds is 6. The fraction of sp³-hybridized carbons (Fsp3) is 0.478. The zero-order chi connectivity index (χ0) is 22.1. The molecule has 168 valence electrons. The Hall–Kier alpha value is -3.20. The van der Waals surface area contributed by atoms with E-state index in [-0.39, 0.29) is 17.4 Å². The third-order valence-corrected chi connectivity index (χ3v) is 6.51. The average Bonchev–Trinajstić information content (AvgIpc) is 3.38. The maximum atomic E-state index is 11.7. The highest BCUT2D eigenvalue weighted by atomic mass is 16.5. The molecule has 0 saturated carbocycles. The Morgan fingerprint density at radius 3 is 2.81 bits per heavy atom. The second kappa shape index (κ2) is 8.38. The molecule has 5 rings (SSSR count). The third-order valence-electron chi connectivity index (χ3n) is 6.51. The summed E-state index contributed by atoms with van der Waals surface area (Å²) in [5.74, 6) is 1.83. The molecule has 1 spiro atoms. The largest absolute Gasteiger partial charge is 0.488 e. The van der Waals surface area contributed by atoms with Crippen LogP contribution in [0.1, 0.15) is 26.2 Å². The van der Waals surface area contributed by atoms with Gasteiger partial charge in [-0.1, -0.05) is 0 Å². The number of hydrogen-bond donors (Lipinski definition) is 2. The van der Waals surface area contributed by atoms with E-state index in [0.717, 1.165) is 66.3 Å². The summed E-state index contributed by atoms with van der Waals surface area (Å²) >= 11 is 0. The van der Waals surface area contributed by atoms with Gasteiger partial charge in [-0.3, -0.25) is 9.89 Å². The number of fused-ring (bicyclic) bond motifs is 1. The van der Waals surface area contributed by atoms with E-state index in [2.05, 4.69) is 30.4 Å². The maximum Gasteiger partial charge on any atom is 0.220 e. The highest BCUT2D eigenvalue weighted by Crippen LogP contribution is 2.39. The SMILES string of the molecule is COC[C@H](C)Oc1ccc2[nH]nc(-c3cc(N4CCC5(CC4)CNC(=O)C5)ncn3)c2c1. The fourth-order valence-electron chi connectivity index (χ4n) is 4.73. The summed E-state index contributed by atoms with van der Waals surface area (Å²) in [4.78, 5) is 23.0. The highest BCUT2D eigenvalue weighted by Gasteiger charge is 2.41. The van der Waals surface area contributed by atoms with Crippen molar-refractivity contribution in [1.29, 1.82) is 0 Å². The summed E-state index contributed by atoms with van der Waals surface area (Å²) in [7, 11) is 1.66. The molecule has 0 bridgehead atoms. The summed E-state index contributed by atoms with van der Waals surface area (Å²) < 4.78 is 11.1. The van der Waals surface area contributed by atoms with E-state index in [4.69, 9.17) is 9.47 Å². The topological polar surface area (TPSA) is 105 Å². The molecule has 2 aliphatic heterocycles. The van der Waals surface area contributed by atoms with E-state index in [1.807, 2.05) is 31.2 Å². The van der Waals surface area contributed by atoms with Gasteiger partial charge < -0.3 is 19.7 Å². The molecule has 1 atom stereocenters. The molecule has 2 saturated heterocycles. The van der Waals surface area contributed by atoms with Gasteiger partial charge in [-0.2, -0.15) is 5.10 Å². The molecule has 1 amide bonds. The molecule has 32 heavy (non-hydrogen) atoms. The molecule has 4 heterocycles. The lowest BCUT2D eigenvalue weighted by Crippen LogP contribution is -2.41. The first kappa shape index (κ1) is 20.7. The van der Waals surface area contributed by atoms with Crippen molar-refractivity contribution in [1.82, 2.24) is 25.5 Å². The number of hydrogen-bond acceptors (Lipinski definition) is 7. The van der Waals surface area contributed by atoms with Gasteiger partial charge in [0.25, 0.3) is 0 Å². The van der Waals surface area contributed by atoms with Crippen LogP contribution < -0.4 is 15.0 Å². The number of nitrogens with one attached hydrogen (secondary N) is 2. The van der Waals surface area contributed by atoms with E-state index >= 15 is 0 Å². The van der Waals surface area contributed by atoms with Crippen molar-refractivity contribution in [3.05, 3.63) is 30.6 Å². The summed E-state index contributed by atoms with van der Waals surface area (Å²) in [5, 5.41) is 11.5. The van der Waals surface area contributed by atoms with Gasteiger partial charge in [-0.15, -0.1) is 0 Å². The molecule has 2 aliphatic rings. The minimum atomic E-state index is -0.0498. The van der Waals surface area contributed by atoms with Gasteiger partial charge in [0.2, 0.25) is 5.91 Å². The Morgan fingerprint density at radius 1 is 1.22 bits per heavy atom. The zero-order valence-electron chi connectivity index (χ0n) is 18.4. The average molecular weight is 437 g/mol. The van der Waals surface area contributed by atoms with Gasteiger partial charge in [0.15, 0.2) is 0 Å². The molecule has 2 fully saturated rings. The Labute approximate surface area is 186 Å². The number of benzene rings is 1. The van der Waals surface area contributed by atoms with Crippen molar-refractivity contribution in [2.24, 2.45) is 5.41 Å². The predicted octanol–water partition coefficient (Wildman–Crippen LogP) is 2.54. The van der Waals surface area contributed by atoms with Crippen LogP contribution >= 0.6 is 0 Å². The van der Waals surface area contributed by atoms with E-state index < -0.39 is 0 Å². The van der Waals surface area contributed by atoms with Crippen LogP contribution in [0, 0.1) is 5.41 Å². The van der Waals surface area contributed by atoms with Crippen molar-refractivity contribution < 1.29 is 14.3 Å². The molecule has 0 unspecified atom stereocenters. The van der Waals surface area contributed by atoms with Crippen LogP contribution in [0.15, 0.2) is 30.6 Å². The molecule has 0 aliphatic carbocycles. The molecule has 2 aromatic heterocycles. The number of carbonyl (C=O) groups excluding carboxylic acids is 1. The van der Waals surface area contributed by atoms with E-state index in [1.165, 1.54) is 0 Å². The van der Waals surface area contributed by atoms with Crippen LogP contribution in [0.3, 0.4) is 0 Å². The van der Waals surface area contributed by atoms with Crippen molar-refractivity contribution in [2.75, 3.05) is 38.3 Å². The lowest BCUT2D eigenvalue weighted by Gasteiger charge is -2.38. The normalized spacial score (nSPS) is 18.8. The maximum absolute atomic E-state index is 11.7. The lowest BCUT2D eigenvalue weighted by atomic mass is 9.77. The second-order valence-corrected chi connectivity index (χ2v) is 8.87. The number of ether oxygens (including phenoxy) is 2. The van der Waals surface area contributed by atoms with Gasteiger partial charge in [-0.05, 0) is 43.4 Å². The number of H-pyrrole nitrogens is 1. The lowest BCUT2D eigenvalue weighted by molar-refractivity contribution is -0.119. The van der Waals surface area contributed by atoms with Gasteiger partial charge in [0, 0.05) is 44.6 Å². The molecule has 3 aromatic rings. The zero-order valence-corrected chi connectivity index (χ0v) is 18.4. The number of anilines is 1. The number of carbonyl (C=O) groups is 1. The van der Waals surface area contributed by atoms with Crippen molar-refractivity contribution in [3.8, 4) is 17.1 Å². The standard InChI is InChI=1S/C23H28N6O3/c1-15(12-31-2)32-16-3-4-18-17(9-16)22(28-27-18)19-10-20(26-14-25-19)29-7-5-23(6-8-29)11-21(30)24-13-23/h3-4,9-10,14-15H,5-8,11-13H2,1-2H3,(H,24,30)(H,27,28)/t15-/m0/s1. The Morgan fingerprint density at radius 2 is 2.06 bits per heavy atom. The number of methoxy groups -OCH3 is 1.